The number of hydrogen-bond donors (Lipinski definition) is 1. The van der Waals surface area contributed by atoms with Gasteiger partial charge < -0.3 is 10.6 Å². The highest BCUT2D eigenvalue weighted by molar-refractivity contribution is 6.04. The van der Waals surface area contributed by atoms with E-state index in [-0.39, 0.29) is 5.91 Å². The molecule has 5 heteroatoms. The number of piperidine rings is 1. The highest BCUT2D eigenvalue weighted by Crippen LogP contribution is 2.24. The van der Waals surface area contributed by atoms with Crippen LogP contribution in [0.3, 0.4) is 0 Å². The minimum absolute atomic E-state index is 0.0537. The summed E-state index contributed by atoms with van der Waals surface area (Å²) in [6.07, 6.45) is 3.16. The van der Waals surface area contributed by atoms with Crippen LogP contribution in [0.2, 0.25) is 0 Å². The SMILES string of the molecule is Cn1nc(C(=O)N2CCC(CCN)CC2)c2ccccc21. The summed E-state index contributed by atoms with van der Waals surface area (Å²) >= 11 is 0. The topological polar surface area (TPSA) is 64.2 Å². The lowest BCUT2D eigenvalue weighted by Gasteiger charge is -2.31. The first-order chi connectivity index (χ1) is 10.2. The van der Waals surface area contributed by atoms with Crippen LogP contribution in [0.15, 0.2) is 24.3 Å². The first kappa shape index (κ1) is 14.1. The molecule has 5 nitrogen and oxygen atoms in total. The first-order valence-electron chi connectivity index (χ1n) is 7.61. The van der Waals surface area contributed by atoms with E-state index in [1.54, 1.807) is 4.68 Å². The first-order valence-corrected chi connectivity index (χ1v) is 7.61. The van der Waals surface area contributed by atoms with Crippen molar-refractivity contribution in [1.82, 2.24) is 14.7 Å². The Balaban J connectivity index is 1.79. The molecule has 1 aromatic heterocycles. The van der Waals surface area contributed by atoms with Crippen molar-refractivity contribution in [3.8, 4) is 0 Å². The van der Waals surface area contributed by atoms with Crippen LogP contribution in [0.5, 0.6) is 0 Å². The number of para-hydroxylation sites is 1. The Labute approximate surface area is 124 Å². The van der Waals surface area contributed by atoms with E-state index < -0.39 is 0 Å². The van der Waals surface area contributed by atoms with Crippen molar-refractivity contribution in [2.45, 2.75) is 19.3 Å². The van der Waals surface area contributed by atoms with Crippen LogP contribution in [0.4, 0.5) is 0 Å². The van der Waals surface area contributed by atoms with Crippen LogP contribution >= 0.6 is 0 Å². The zero-order chi connectivity index (χ0) is 14.8. The van der Waals surface area contributed by atoms with Crippen LogP contribution in [0.25, 0.3) is 10.9 Å². The molecule has 2 aromatic rings. The van der Waals surface area contributed by atoms with Gasteiger partial charge >= 0.3 is 0 Å². The number of likely N-dealkylation sites (tertiary alicyclic amines) is 1. The molecule has 0 bridgehead atoms. The Bertz CT molecular complexity index is 641. The third kappa shape index (κ3) is 2.65. The number of aromatic nitrogens is 2. The summed E-state index contributed by atoms with van der Waals surface area (Å²) < 4.78 is 1.78. The molecule has 2 heterocycles. The molecule has 112 valence electrons. The smallest absolute Gasteiger partial charge is 0.275 e. The third-order valence-electron chi connectivity index (χ3n) is 4.44. The van der Waals surface area contributed by atoms with Gasteiger partial charge in [0.15, 0.2) is 5.69 Å². The summed E-state index contributed by atoms with van der Waals surface area (Å²) in [5.41, 5.74) is 7.19. The van der Waals surface area contributed by atoms with Gasteiger partial charge in [-0.25, -0.2) is 0 Å². The quantitative estimate of drug-likeness (QED) is 0.935. The Morgan fingerprint density at radius 3 is 2.76 bits per heavy atom. The van der Waals surface area contributed by atoms with E-state index in [0.29, 0.717) is 11.6 Å². The van der Waals surface area contributed by atoms with Crippen molar-refractivity contribution in [3.05, 3.63) is 30.0 Å². The highest BCUT2D eigenvalue weighted by atomic mass is 16.2. The maximum absolute atomic E-state index is 12.7. The molecule has 1 saturated heterocycles. The molecule has 1 aromatic carbocycles. The fourth-order valence-corrected chi connectivity index (χ4v) is 3.18. The van der Waals surface area contributed by atoms with Crippen molar-refractivity contribution < 1.29 is 4.79 Å². The van der Waals surface area contributed by atoms with Gasteiger partial charge in [0, 0.05) is 25.5 Å². The lowest BCUT2D eigenvalue weighted by atomic mass is 9.93. The summed E-state index contributed by atoms with van der Waals surface area (Å²) in [6, 6.07) is 7.88. The predicted molar refractivity (Wildman–Crippen MR) is 83.0 cm³/mol. The second-order valence-corrected chi connectivity index (χ2v) is 5.80. The Morgan fingerprint density at radius 1 is 1.33 bits per heavy atom. The largest absolute Gasteiger partial charge is 0.337 e. The van der Waals surface area contributed by atoms with Gasteiger partial charge in [0.25, 0.3) is 5.91 Å². The summed E-state index contributed by atoms with van der Waals surface area (Å²) in [7, 11) is 1.88. The lowest BCUT2D eigenvalue weighted by Crippen LogP contribution is -2.39. The molecule has 0 radical (unpaired) electrons. The van der Waals surface area contributed by atoms with Crippen molar-refractivity contribution >= 4 is 16.8 Å². The van der Waals surface area contributed by atoms with E-state index in [0.717, 1.165) is 49.8 Å². The number of benzene rings is 1. The number of nitrogens with two attached hydrogens (primary N) is 1. The normalized spacial score (nSPS) is 16.6. The molecular formula is C16H22N4O. The molecule has 1 aliphatic heterocycles. The number of hydrogen-bond acceptors (Lipinski definition) is 3. The van der Waals surface area contributed by atoms with Gasteiger partial charge in [-0.2, -0.15) is 5.10 Å². The van der Waals surface area contributed by atoms with Gasteiger partial charge in [0.2, 0.25) is 0 Å². The zero-order valence-corrected chi connectivity index (χ0v) is 12.5. The van der Waals surface area contributed by atoms with Crippen molar-refractivity contribution in [3.63, 3.8) is 0 Å². The van der Waals surface area contributed by atoms with Crippen LogP contribution in [0, 0.1) is 5.92 Å². The van der Waals surface area contributed by atoms with Crippen molar-refractivity contribution in [2.24, 2.45) is 18.7 Å². The molecule has 0 aliphatic carbocycles. The lowest BCUT2D eigenvalue weighted by molar-refractivity contribution is 0.0683. The van der Waals surface area contributed by atoms with Gasteiger partial charge in [-0.1, -0.05) is 18.2 Å². The number of carbonyl (C=O) groups excluding carboxylic acids is 1. The molecule has 0 saturated carbocycles. The van der Waals surface area contributed by atoms with Crippen molar-refractivity contribution in [1.29, 1.82) is 0 Å². The summed E-state index contributed by atoms with van der Waals surface area (Å²) in [5, 5.41) is 5.36. The number of carbonyl (C=O) groups is 1. The number of amides is 1. The van der Waals surface area contributed by atoms with Crippen LogP contribution in [-0.2, 0) is 7.05 Å². The molecule has 1 aliphatic rings. The fraction of sp³-hybridized carbons (Fsp3) is 0.500. The number of aryl methyl sites for hydroxylation is 1. The average molecular weight is 286 g/mol. The van der Waals surface area contributed by atoms with Gasteiger partial charge in [-0.3, -0.25) is 9.48 Å². The predicted octanol–water partition coefficient (Wildman–Crippen LogP) is 1.77. The van der Waals surface area contributed by atoms with Crippen LogP contribution in [-0.4, -0.2) is 40.2 Å². The van der Waals surface area contributed by atoms with E-state index in [1.165, 1.54) is 0 Å². The van der Waals surface area contributed by atoms with Gasteiger partial charge in [-0.15, -0.1) is 0 Å². The summed E-state index contributed by atoms with van der Waals surface area (Å²) in [5.74, 6) is 0.720. The molecular weight excluding hydrogens is 264 g/mol. The molecule has 1 fully saturated rings. The van der Waals surface area contributed by atoms with Crippen LogP contribution in [0.1, 0.15) is 29.8 Å². The van der Waals surface area contributed by atoms with Gasteiger partial charge in [0.05, 0.1) is 5.52 Å². The second kappa shape index (κ2) is 5.85. The van der Waals surface area contributed by atoms with E-state index in [2.05, 4.69) is 5.10 Å². The van der Waals surface area contributed by atoms with Crippen molar-refractivity contribution in [2.75, 3.05) is 19.6 Å². The maximum Gasteiger partial charge on any atom is 0.275 e. The minimum atomic E-state index is 0.0537. The minimum Gasteiger partial charge on any atom is -0.337 e. The molecule has 0 spiro atoms. The zero-order valence-electron chi connectivity index (χ0n) is 12.5. The van der Waals surface area contributed by atoms with E-state index >= 15 is 0 Å². The van der Waals surface area contributed by atoms with Gasteiger partial charge in [0.1, 0.15) is 0 Å². The molecule has 0 atom stereocenters. The number of fused-ring (bicyclic) bond motifs is 1. The molecule has 1 amide bonds. The third-order valence-corrected chi connectivity index (χ3v) is 4.44. The maximum atomic E-state index is 12.7. The molecule has 21 heavy (non-hydrogen) atoms. The Hall–Kier alpha value is -1.88. The summed E-state index contributed by atoms with van der Waals surface area (Å²) in [6.45, 7) is 2.37. The summed E-state index contributed by atoms with van der Waals surface area (Å²) in [4.78, 5) is 14.6. The van der Waals surface area contributed by atoms with E-state index in [1.807, 2.05) is 36.2 Å². The Morgan fingerprint density at radius 2 is 2.05 bits per heavy atom. The second-order valence-electron chi connectivity index (χ2n) is 5.80. The van der Waals surface area contributed by atoms with E-state index in [9.17, 15) is 4.79 Å². The molecule has 2 N–H and O–H groups in total. The molecule has 3 rings (SSSR count). The standard InChI is InChI=1S/C16H22N4O/c1-19-14-5-3-2-4-13(14)15(18-19)16(21)20-10-7-12(6-9-17)8-11-20/h2-5,12H,6-11,17H2,1H3. The van der Waals surface area contributed by atoms with Crippen LogP contribution < -0.4 is 5.73 Å². The highest BCUT2D eigenvalue weighted by Gasteiger charge is 2.26. The number of nitrogens with zero attached hydrogens (tertiary/aromatic N) is 3. The number of rotatable bonds is 3. The monoisotopic (exact) mass is 286 g/mol. The average Bonchev–Trinajstić information content (AvgIpc) is 2.85. The Kier molecular flexibility index (Phi) is 3.92. The van der Waals surface area contributed by atoms with E-state index in [4.69, 9.17) is 5.73 Å². The fourth-order valence-electron chi connectivity index (χ4n) is 3.18. The van der Waals surface area contributed by atoms with Gasteiger partial charge in [-0.05, 0) is 37.8 Å². The molecule has 0 unspecified atom stereocenters.